The molecule has 0 unspecified atom stereocenters. The number of fused-ring (bicyclic) bond motifs is 1. The van der Waals surface area contributed by atoms with Crippen molar-refractivity contribution >= 4 is 11.6 Å². The van der Waals surface area contributed by atoms with Gasteiger partial charge in [0.15, 0.2) is 5.69 Å². The van der Waals surface area contributed by atoms with Crippen molar-refractivity contribution in [1.29, 1.82) is 0 Å². The molecule has 1 aliphatic carbocycles. The molecule has 5 nitrogen and oxygen atoms in total. The smallest absolute Gasteiger partial charge is 0.281 e. The van der Waals surface area contributed by atoms with Crippen LogP contribution in [-0.4, -0.2) is 21.8 Å². The first kappa shape index (κ1) is 14.5. The summed E-state index contributed by atoms with van der Waals surface area (Å²) in [5.74, 6) is -0.235. The van der Waals surface area contributed by atoms with Gasteiger partial charge in [0.2, 0.25) is 0 Å². The predicted molar refractivity (Wildman–Crippen MR) is 86.0 cm³/mol. The number of benzene rings is 1. The fourth-order valence-electron chi connectivity index (χ4n) is 2.82. The van der Waals surface area contributed by atoms with Crippen molar-refractivity contribution in [2.45, 2.75) is 39.0 Å². The van der Waals surface area contributed by atoms with Gasteiger partial charge in [-0.15, -0.1) is 0 Å². The van der Waals surface area contributed by atoms with E-state index in [0.717, 1.165) is 54.6 Å². The maximum atomic E-state index is 12.3. The Labute approximate surface area is 129 Å². The zero-order valence-corrected chi connectivity index (χ0v) is 12.7. The van der Waals surface area contributed by atoms with Gasteiger partial charge in [0, 0.05) is 11.3 Å². The highest BCUT2D eigenvalue weighted by molar-refractivity contribution is 6.02. The summed E-state index contributed by atoms with van der Waals surface area (Å²) in [4.78, 5) is 12.3. The minimum atomic E-state index is -0.235. The highest BCUT2D eigenvalue weighted by Gasteiger charge is 2.21. The molecule has 0 atom stereocenters. The number of aromatic nitrogens is 2. The lowest BCUT2D eigenvalue weighted by atomic mass is 9.96. The summed E-state index contributed by atoms with van der Waals surface area (Å²) in [5, 5.41) is 11.4. The Morgan fingerprint density at radius 3 is 2.82 bits per heavy atom. The van der Waals surface area contributed by atoms with E-state index < -0.39 is 0 Å². The molecular formula is C17H20N4O. The van der Waals surface area contributed by atoms with Crippen molar-refractivity contribution in [2.75, 3.05) is 0 Å². The van der Waals surface area contributed by atoms with Crippen LogP contribution in [0.3, 0.4) is 0 Å². The molecule has 1 aromatic heterocycles. The lowest BCUT2D eigenvalue weighted by Gasteiger charge is -2.10. The lowest BCUT2D eigenvalue weighted by molar-refractivity contribution is 0.0948. The Bertz CT molecular complexity index is 688. The molecule has 0 saturated heterocycles. The molecule has 0 bridgehead atoms. The number of hydrogen-bond acceptors (Lipinski definition) is 3. The minimum Gasteiger partial charge on any atom is -0.281 e. The second-order valence-corrected chi connectivity index (χ2v) is 5.46. The number of H-pyrrole nitrogens is 1. The van der Waals surface area contributed by atoms with Crippen molar-refractivity contribution in [2.24, 2.45) is 5.10 Å². The maximum Gasteiger partial charge on any atom is 0.292 e. The van der Waals surface area contributed by atoms with E-state index in [4.69, 9.17) is 0 Å². The average molecular weight is 296 g/mol. The fraction of sp³-hybridized carbons (Fsp3) is 0.353. The largest absolute Gasteiger partial charge is 0.292 e. The highest BCUT2D eigenvalue weighted by atomic mass is 16.2. The first-order valence-electron chi connectivity index (χ1n) is 7.78. The summed E-state index contributed by atoms with van der Waals surface area (Å²) >= 11 is 0. The van der Waals surface area contributed by atoms with Crippen molar-refractivity contribution in [1.82, 2.24) is 15.6 Å². The zero-order chi connectivity index (χ0) is 15.4. The number of rotatable bonds is 4. The second kappa shape index (κ2) is 6.56. The molecule has 0 spiro atoms. The zero-order valence-electron chi connectivity index (χ0n) is 12.7. The third-order valence-corrected chi connectivity index (χ3v) is 4.01. The minimum absolute atomic E-state index is 0.235. The molecule has 2 aromatic rings. The van der Waals surface area contributed by atoms with Gasteiger partial charge in [0.25, 0.3) is 5.91 Å². The first-order valence-corrected chi connectivity index (χ1v) is 7.78. The van der Waals surface area contributed by atoms with Crippen LogP contribution in [0.15, 0.2) is 35.4 Å². The molecule has 0 fully saturated rings. The van der Waals surface area contributed by atoms with Crippen LogP contribution < -0.4 is 5.43 Å². The van der Waals surface area contributed by atoms with Gasteiger partial charge in [-0.2, -0.15) is 10.2 Å². The standard InChI is InChI=1S/C17H20N4O/c1-2-14(12-8-4-3-5-9-12)18-21-17(22)16-13-10-6-7-11-15(13)19-20-16/h3-5,8-9H,2,6-7,10-11H2,1H3,(H,19,20)(H,21,22)/b18-14-. The molecule has 3 rings (SSSR count). The quantitative estimate of drug-likeness (QED) is 0.673. The van der Waals surface area contributed by atoms with Crippen LogP contribution in [0.25, 0.3) is 0 Å². The number of aromatic amines is 1. The fourth-order valence-corrected chi connectivity index (χ4v) is 2.82. The van der Waals surface area contributed by atoms with E-state index >= 15 is 0 Å². The lowest BCUT2D eigenvalue weighted by Crippen LogP contribution is -2.22. The number of nitrogens with zero attached hydrogens (tertiary/aromatic N) is 2. The van der Waals surface area contributed by atoms with Crippen molar-refractivity contribution < 1.29 is 4.79 Å². The summed E-state index contributed by atoms with van der Waals surface area (Å²) in [6, 6.07) is 9.88. The summed E-state index contributed by atoms with van der Waals surface area (Å²) < 4.78 is 0. The molecule has 0 saturated carbocycles. The van der Waals surface area contributed by atoms with E-state index in [-0.39, 0.29) is 5.91 Å². The Balaban J connectivity index is 1.76. The van der Waals surface area contributed by atoms with Crippen LogP contribution in [0.5, 0.6) is 0 Å². The topological polar surface area (TPSA) is 70.1 Å². The van der Waals surface area contributed by atoms with Gasteiger partial charge in [-0.1, -0.05) is 37.3 Å². The normalized spacial score (nSPS) is 14.5. The molecule has 114 valence electrons. The van der Waals surface area contributed by atoms with E-state index in [1.165, 1.54) is 0 Å². The predicted octanol–water partition coefficient (Wildman–Crippen LogP) is 2.83. The van der Waals surface area contributed by atoms with E-state index in [1.54, 1.807) is 0 Å². The summed E-state index contributed by atoms with van der Waals surface area (Å²) in [5.41, 5.74) is 7.17. The van der Waals surface area contributed by atoms with Gasteiger partial charge < -0.3 is 0 Å². The number of amides is 1. The van der Waals surface area contributed by atoms with Crippen molar-refractivity contribution in [3.63, 3.8) is 0 Å². The third-order valence-electron chi connectivity index (χ3n) is 4.01. The number of aryl methyl sites for hydroxylation is 1. The van der Waals surface area contributed by atoms with Crippen LogP contribution in [0, 0.1) is 0 Å². The average Bonchev–Trinajstić information content (AvgIpc) is 3.00. The van der Waals surface area contributed by atoms with E-state index in [9.17, 15) is 4.79 Å². The van der Waals surface area contributed by atoms with Gasteiger partial charge >= 0.3 is 0 Å². The molecular weight excluding hydrogens is 276 g/mol. The monoisotopic (exact) mass is 296 g/mol. The van der Waals surface area contributed by atoms with Crippen LogP contribution in [0.4, 0.5) is 0 Å². The molecule has 5 heteroatoms. The summed E-state index contributed by atoms with van der Waals surface area (Å²) in [6.45, 7) is 2.02. The number of hydrazone groups is 1. The van der Waals surface area contributed by atoms with Gasteiger partial charge in [-0.3, -0.25) is 9.89 Å². The maximum absolute atomic E-state index is 12.3. The molecule has 1 heterocycles. The molecule has 1 aromatic carbocycles. The van der Waals surface area contributed by atoms with Gasteiger partial charge in [0.1, 0.15) is 0 Å². The molecule has 0 aliphatic heterocycles. The molecule has 2 N–H and O–H groups in total. The number of carbonyl (C=O) groups is 1. The Kier molecular flexibility index (Phi) is 4.32. The second-order valence-electron chi connectivity index (χ2n) is 5.46. The SMILES string of the molecule is CC/C(=N/NC(=O)c1n[nH]c2c1CCCC2)c1ccccc1. The molecule has 0 radical (unpaired) electrons. The van der Waals surface area contributed by atoms with E-state index in [1.807, 2.05) is 37.3 Å². The van der Waals surface area contributed by atoms with Crippen LogP contribution in [0.2, 0.25) is 0 Å². The van der Waals surface area contributed by atoms with Gasteiger partial charge in [-0.05, 0) is 37.7 Å². The Morgan fingerprint density at radius 1 is 1.27 bits per heavy atom. The molecule has 1 amide bonds. The van der Waals surface area contributed by atoms with E-state index in [0.29, 0.717) is 5.69 Å². The molecule has 22 heavy (non-hydrogen) atoms. The van der Waals surface area contributed by atoms with Gasteiger partial charge in [-0.25, -0.2) is 5.43 Å². The molecule has 1 aliphatic rings. The van der Waals surface area contributed by atoms with E-state index in [2.05, 4.69) is 20.7 Å². The number of hydrogen-bond donors (Lipinski definition) is 2. The van der Waals surface area contributed by atoms with Crippen LogP contribution in [-0.2, 0) is 12.8 Å². The first-order chi connectivity index (χ1) is 10.8. The van der Waals surface area contributed by atoms with Crippen molar-refractivity contribution in [3.05, 3.63) is 52.8 Å². The van der Waals surface area contributed by atoms with Crippen LogP contribution >= 0.6 is 0 Å². The third kappa shape index (κ3) is 2.93. The Hall–Kier alpha value is -2.43. The summed E-state index contributed by atoms with van der Waals surface area (Å²) in [6.07, 6.45) is 4.91. The van der Waals surface area contributed by atoms with Crippen molar-refractivity contribution in [3.8, 4) is 0 Å². The summed E-state index contributed by atoms with van der Waals surface area (Å²) in [7, 11) is 0. The van der Waals surface area contributed by atoms with Gasteiger partial charge in [0.05, 0.1) is 5.71 Å². The Morgan fingerprint density at radius 2 is 2.05 bits per heavy atom. The number of carbonyl (C=O) groups excluding carboxylic acids is 1. The highest BCUT2D eigenvalue weighted by Crippen LogP contribution is 2.21. The number of nitrogens with one attached hydrogen (secondary N) is 2. The van der Waals surface area contributed by atoms with Crippen LogP contribution in [0.1, 0.15) is 53.5 Å².